The molecule has 28 heavy (non-hydrogen) atoms. The van der Waals surface area contributed by atoms with Crippen molar-refractivity contribution in [3.8, 4) is 0 Å². The van der Waals surface area contributed by atoms with E-state index in [0.29, 0.717) is 13.0 Å². The van der Waals surface area contributed by atoms with Crippen molar-refractivity contribution < 1.29 is 9.59 Å². The van der Waals surface area contributed by atoms with Gasteiger partial charge in [0.1, 0.15) is 6.54 Å². The van der Waals surface area contributed by atoms with Crippen molar-refractivity contribution in [2.45, 2.75) is 45.6 Å². The summed E-state index contributed by atoms with van der Waals surface area (Å²) in [6.07, 6.45) is 9.49. The van der Waals surface area contributed by atoms with Crippen molar-refractivity contribution >= 4 is 11.8 Å². The van der Waals surface area contributed by atoms with Crippen LogP contribution in [0.25, 0.3) is 0 Å². The Balaban J connectivity index is 1.31. The van der Waals surface area contributed by atoms with E-state index in [9.17, 15) is 9.59 Å². The maximum absolute atomic E-state index is 12.6. The molecule has 0 saturated carbocycles. The fourth-order valence-corrected chi connectivity index (χ4v) is 4.41. The van der Waals surface area contributed by atoms with Crippen LogP contribution in [0.1, 0.15) is 37.1 Å². The maximum Gasteiger partial charge on any atom is 0.244 e. The lowest BCUT2D eigenvalue weighted by atomic mass is 9.72. The largest absolute Gasteiger partial charge is 0.348 e. The zero-order chi connectivity index (χ0) is 19.6. The van der Waals surface area contributed by atoms with Crippen molar-refractivity contribution in [3.05, 3.63) is 36.2 Å². The molecule has 2 fully saturated rings. The van der Waals surface area contributed by atoms with Crippen LogP contribution in [-0.4, -0.2) is 67.5 Å². The zero-order valence-corrected chi connectivity index (χ0v) is 16.4. The third-order valence-corrected chi connectivity index (χ3v) is 6.34. The number of likely N-dealkylation sites (tertiary alicyclic amines) is 2. The molecule has 2 aliphatic heterocycles. The summed E-state index contributed by atoms with van der Waals surface area (Å²) < 4.78 is 1.75. The molecule has 4 heterocycles. The molecule has 8 nitrogen and oxygen atoms in total. The van der Waals surface area contributed by atoms with E-state index >= 15 is 0 Å². The van der Waals surface area contributed by atoms with Crippen molar-refractivity contribution in [3.63, 3.8) is 0 Å². The summed E-state index contributed by atoms with van der Waals surface area (Å²) in [6, 6.07) is 1.91. The van der Waals surface area contributed by atoms with Crippen LogP contribution < -0.4 is 0 Å². The lowest BCUT2D eigenvalue weighted by molar-refractivity contribution is -0.142. The van der Waals surface area contributed by atoms with E-state index in [4.69, 9.17) is 0 Å². The summed E-state index contributed by atoms with van der Waals surface area (Å²) in [7, 11) is 0. The molecule has 0 bridgehead atoms. The van der Waals surface area contributed by atoms with Gasteiger partial charge < -0.3 is 14.8 Å². The van der Waals surface area contributed by atoms with E-state index in [1.165, 1.54) is 0 Å². The van der Waals surface area contributed by atoms with E-state index in [-0.39, 0.29) is 17.2 Å². The molecule has 2 amide bonds. The first-order valence-electron chi connectivity index (χ1n) is 10.1. The highest BCUT2D eigenvalue weighted by molar-refractivity contribution is 5.77. The van der Waals surface area contributed by atoms with Crippen LogP contribution in [0.15, 0.2) is 24.8 Å². The molecule has 1 N–H and O–H groups in total. The van der Waals surface area contributed by atoms with Gasteiger partial charge in [-0.2, -0.15) is 5.10 Å². The highest BCUT2D eigenvalue weighted by Crippen LogP contribution is 2.40. The number of carbonyl (C=O) groups excluding carboxylic acids is 2. The first-order valence-corrected chi connectivity index (χ1v) is 10.1. The van der Waals surface area contributed by atoms with Crippen LogP contribution in [0.4, 0.5) is 0 Å². The molecule has 0 unspecified atom stereocenters. The van der Waals surface area contributed by atoms with E-state index in [1.807, 2.05) is 29.0 Å². The molecule has 0 aliphatic carbocycles. The summed E-state index contributed by atoms with van der Waals surface area (Å²) in [4.78, 5) is 36.1. The van der Waals surface area contributed by atoms with Crippen LogP contribution >= 0.6 is 0 Å². The number of hydrogen-bond donors (Lipinski definition) is 1. The number of hydrogen-bond acceptors (Lipinski definition) is 4. The Morgan fingerprint density at radius 2 is 2.11 bits per heavy atom. The van der Waals surface area contributed by atoms with E-state index in [2.05, 4.69) is 15.1 Å². The van der Waals surface area contributed by atoms with Gasteiger partial charge in [0.05, 0.1) is 6.33 Å². The lowest BCUT2D eigenvalue weighted by Gasteiger charge is -2.47. The molecule has 2 saturated heterocycles. The summed E-state index contributed by atoms with van der Waals surface area (Å²) >= 11 is 0. The molecule has 2 aromatic heterocycles. The molecule has 0 atom stereocenters. The topological polar surface area (TPSA) is 87.1 Å². The highest BCUT2D eigenvalue weighted by atomic mass is 16.2. The Morgan fingerprint density at radius 1 is 1.29 bits per heavy atom. The van der Waals surface area contributed by atoms with Gasteiger partial charge in [0.25, 0.3) is 0 Å². The second kappa shape index (κ2) is 7.77. The maximum atomic E-state index is 12.6. The van der Waals surface area contributed by atoms with Crippen LogP contribution in [0.5, 0.6) is 0 Å². The molecular formula is C20H28N6O2. The molecule has 1 spiro atoms. The normalized spacial score (nSPS) is 19.4. The molecule has 150 valence electrons. The van der Waals surface area contributed by atoms with Crippen LogP contribution in [0.3, 0.4) is 0 Å². The van der Waals surface area contributed by atoms with Gasteiger partial charge in [-0.05, 0) is 37.7 Å². The van der Waals surface area contributed by atoms with Gasteiger partial charge in [-0.3, -0.25) is 14.3 Å². The minimum atomic E-state index is 0.129. The second-order valence-corrected chi connectivity index (χ2v) is 8.15. The van der Waals surface area contributed by atoms with E-state index < -0.39 is 0 Å². The van der Waals surface area contributed by atoms with Gasteiger partial charge in [0.2, 0.25) is 11.8 Å². The number of piperidine rings is 2. The smallest absolute Gasteiger partial charge is 0.244 e. The Labute approximate surface area is 164 Å². The molecule has 0 radical (unpaired) electrons. The first-order chi connectivity index (χ1) is 13.5. The van der Waals surface area contributed by atoms with Gasteiger partial charge in [-0.1, -0.05) is 0 Å². The summed E-state index contributed by atoms with van der Waals surface area (Å²) in [5, 5.41) is 4.21. The molecule has 2 aromatic rings. The number of aromatic nitrogens is 4. The van der Waals surface area contributed by atoms with Crippen molar-refractivity contribution in [2.75, 3.05) is 26.2 Å². The fourth-order valence-electron chi connectivity index (χ4n) is 4.41. The van der Waals surface area contributed by atoms with Gasteiger partial charge in [-0.15, -0.1) is 0 Å². The average molecular weight is 384 g/mol. The van der Waals surface area contributed by atoms with E-state index in [1.54, 1.807) is 17.2 Å². The number of H-pyrrole nitrogens is 1. The van der Waals surface area contributed by atoms with Gasteiger partial charge in [0, 0.05) is 62.8 Å². The Morgan fingerprint density at radius 3 is 2.79 bits per heavy atom. The van der Waals surface area contributed by atoms with Gasteiger partial charge >= 0.3 is 0 Å². The average Bonchev–Trinajstić information content (AvgIpc) is 3.35. The summed E-state index contributed by atoms with van der Waals surface area (Å²) in [5.74, 6) is 0.377. The van der Waals surface area contributed by atoms with Gasteiger partial charge in [0.15, 0.2) is 0 Å². The zero-order valence-electron chi connectivity index (χ0n) is 16.4. The third-order valence-electron chi connectivity index (χ3n) is 6.34. The molecule has 4 rings (SSSR count). The van der Waals surface area contributed by atoms with Crippen molar-refractivity contribution in [2.24, 2.45) is 5.41 Å². The molecule has 2 aliphatic rings. The number of nitrogens with one attached hydrogen (secondary N) is 1. The van der Waals surface area contributed by atoms with Crippen molar-refractivity contribution in [1.29, 1.82) is 0 Å². The number of amides is 2. The number of rotatable bonds is 5. The Bertz CT molecular complexity index is 820. The van der Waals surface area contributed by atoms with Crippen LogP contribution in [0.2, 0.25) is 0 Å². The minimum Gasteiger partial charge on any atom is -0.348 e. The number of aryl methyl sites for hydroxylation is 1. The Hall–Kier alpha value is -2.64. The Kier molecular flexibility index (Phi) is 5.19. The van der Waals surface area contributed by atoms with E-state index in [0.717, 1.165) is 63.3 Å². The van der Waals surface area contributed by atoms with Gasteiger partial charge in [-0.25, -0.2) is 4.98 Å². The monoisotopic (exact) mass is 384 g/mol. The minimum absolute atomic E-state index is 0.129. The van der Waals surface area contributed by atoms with Crippen LogP contribution in [0, 0.1) is 12.3 Å². The molecule has 8 heteroatoms. The SMILES string of the molecule is Cc1ccnn1CC(=O)N1CCC2(CCC(=O)N(CCc3cnc[nH]3)C2)CC1. The number of nitrogens with zero attached hydrogens (tertiary/aromatic N) is 5. The van der Waals surface area contributed by atoms with Crippen molar-refractivity contribution in [1.82, 2.24) is 29.5 Å². The number of aromatic amines is 1. The third kappa shape index (κ3) is 3.95. The predicted octanol–water partition coefficient (Wildman–Crippen LogP) is 1.39. The first kappa shape index (κ1) is 18.7. The quantitative estimate of drug-likeness (QED) is 0.844. The standard InChI is InChI=1S/C20H28N6O2/c1-16-3-8-23-26(16)13-19(28)24-10-6-20(7-11-24)5-2-18(27)25(14-20)9-4-17-12-21-15-22-17/h3,8,12,15H,2,4-7,9-11,13-14H2,1H3,(H,21,22). The summed E-state index contributed by atoms with van der Waals surface area (Å²) in [6.45, 7) is 5.33. The number of carbonyl (C=O) groups is 2. The molecule has 0 aromatic carbocycles. The lowest BCUT2D eigenvalue weighted by Crippen LogP contribution is -2.53. The number of imidazole rings is 1. The fraction of sp³-hybridized carbons (Fsp3) is 0.600. The summed E-state index contributed by atoms with van der Waals surface area (Å²) in [5.41, 5.74) is 2.21. The van der Waals surface area contributed by atoms with Crippen LogP contribution in [-0.2, 0) is 22.6 Å². The highest BCUT2D eigenvalue weighted by Gasteiger charge is 2.41. The molecular weight excluding hydrogens is 356 g/mol. The predicted molar refractivity (Wildman–Crippen MR) is 103 cm³/mol. The second-order valence-electron chi connectivity index (χ2n) is 8.15.